The van der Waals surface area contributed by atoms with Crippen LogP contribution in [-0.2, 0) is 0 Å². The molecule has 1 aromatic heterocycles. The minimum atomic E-state index is 0.510. The van der Waals surface area contributed by atoms with Crippen LogP contribution in [0.5, 0.6) is 5.88 Å². The minimum Gasteiger partial charge on any atom is -0.480 e. The zero-order chi connectivity index (χ0) is 12.3. The average molecular weight is 294 g/mol. The zero-order valence-corrected chi connectivity index (χ0v) is 11.2. The molecule has 0 saturated heterocycles. The van der Waals surface area contributed by atoms with Crippen LogP contribution in [0, 0.1) is 6.92 Å². The van der Waals surface area contributed by atoms with Crippen molar-refractivity contribution in [3.8, 4) is 5.88 Å². The molecule has 0 fully saturated rings. The Hall–Kier alpha value is -1.62. The largest absolute Gasteiger partial charge is 0.480 e. The summed E-state index contributed by atoms with van der Waals surface area (Å²) in [5.41, 5.74) is 2.12. The quantitative estimate of drug-likeness (QED) is 0.943. The third kappa shape index (κ3) is 2.74. The van der Waals surface area contributed by atoms with Crippen LogP contribution in [-0.4, -0.2) is 17.1 Å². The second kappa shape index (κ2) is 5.14. The number of methoxy groups -OCH3 is 1. The van der Waals surface area contributed by atoms with Gasteiger partial charge in [-0.3, -0.25) is 0 Å². The first-order chi connectivity index (χ1) is 8.20. The Morgan fingerprint density at radius 3 is 2.76 bits per heavy atom. The molecule has 1 heterocycles. The van der Waals surface area contributed by atoms with E-state index in [0.29, 0.717) is 11.8 Å². The predicted octanol–water partition coefficient (Wildman–Crippen LogP) is 3.30. The number of ether oxygens (including phenoxy) is 1. The number of aryl methyl sites for hydroxylation is 1. The van der Waals surface area contributed by atoms with Gasteiger partial charge in [0.2, 0.25) is 11.8 Å². The summed E-state index contributed by atoms with van der Waals surface area (Å²) < 4.78 is 5.85. The van der Waals surface area contributed by atoms with Crippen LogP contribution in [0.1, 0.15) is 5.56 Å². The van der Waals surface area contributed by atoms with E-state index in [1.54, 1.807) is 13.3 Å². The molecule has 0 saturated carbocycles. The molecule has 0 aliphatic heterocycles. The standard InChI is InChI=1S/C12H12BrN3O/c1-8-5-3-4-6-10(8)15-12-14-7-9(13)11(16-12)17-2/h3-7H,1-2H3,(H,14,15,16). The van der Waals surface area contributed by atoms with Crippen LogP contribution in [0.2, 0.25) is 0 Å². The number of hydrogen-bond donors (Lipinski definition) is 1. The van der Waals surface area contributed by atoms with Gasteiger partial charge in [0, 0.05) is 5.69 Å². The van der Waals surface area contributed by atoms with Crippen LogP contribution in [0.15, 0.2) is 34.9 Å². The van der Waals surface area contributed by atoms with Gasteiger partial charge in [0.05, 0.1) is 17.8 Å². The molecular weight excluding hydrogens is 282 g/mol. The first-order valence-electron chi connectivity index (χ1n) is 5.10. The lowest BCUT2D eigenvalue weighted by Crippen LogP contribution is -2.00. The fourth-order valence-electron chi connectivity index (χ4n) is 1.39. The number of halogens is 1. The summed E-state index contributed by atoms with van der Waals surface area (Å²) in [5, 5.41) is 3.15. The van der Waals surface area contributed by atoms with Gasteiger partial charge in [0.25, 0.3) is 0 Å². The third-order valence-corrected chi connectivity index (χ3v) is 2.84. The van der Waals surface area contributed by atoms with Gasteiger partial charge in [-0.25, -0.2) is 4.98 Å². The normalized spacial score (nSPS) is 10.1. The Morgan fingerprint density at radius 2 is 2.06 bits per heavy atom. The maximum absolute atomic E-state index is 5.12. The lowest BCUT2D eigenvalue weighted by atomic mass is 10.2. The molecular formula is C12H12BrN3O. The van der Waals surface area contributed by atoms with Crippen LogP contribution in [0.3, 0.4) is 0 Å². The highest BCUT2D eigenvalue weighted by Crippen LogP contribution is 2.24. The fourth-order valence-corrected chi connectivity index (χ4v) is 1.74. The van der Waals surface area contributed by atoms with Crippen molar-refractivity contribution < 1.29 is 4.74 Å². The average Bonchev–Trinajstić information content (AvgIpc) is 2.34. The molecule has 4 nitrogen and oxygen atoms in total. The van der Waals surface area contributed by atoms with Gasteiger partial charge in [0.1, 0.15) is 0 Å². The number of nitrogens with one attached hydrogen (secondary N) is 1. The van der Waals surface area contributed by atoms with Gasteiger partial charge < -0.3 is 10.1 Å². The molecule has 0 aliphatic rings. The highest BCUT2D eigenvalue weighted by Gasteiger charge is 2.05. The maximum atomic E-state index is 5.12. The second-order valence-electron chi connectivity index (χ2n) is 3.49. The van der Waals surface area contributed by atoms with E-state index in [1.165, 1.54) is 0 Å². The molecule has 0 spiro atoms. The molecule has 88 valence electrons. The van der Waals surface area contributed by atoms with Gasteiger partial charge in [0.15, 0.2) is 0 Å². The molecule has 2 aromatic rings. The van der Waals surface area contributed by atoms with Crippen LogP contribution in [0.25, 0.3) is 0 Å². The molecule has 0 aliphatic carbocycles. The van der Waals surface area contributed by atoms with E-state index in [9.17, 15) is 0 Å². The number of rotatable bonds is 3. The summed E-state index contributed by atoms with van der Waals surface area (Å²) in [5.74, 6) is 1.02. The highest BCUT2D eigenvalue weighted by molar-refractivity contribution is 9.10. The van der Waals surface area contributed by atoms with Gasteiger partial charge in [-0.2, -0.15) is 4.98 Å². The molecule has 1 N–H and O–H groups in total. The van der Waals surface area contributed by atoms with Crippen molar-refractivity contribution in [2.45, 2.75) is 6.92 Å². The zero-order valence-electron chi connectivity index (χ0n) is 9.57. The van der Waals surface area contributed by atoms with Crippen molar-refractivity contribution in [1.82, 2.24) is 9.97 Å². The summed E-state index contributed by atoms with van der Waals surface area (Å²) in [6.07, 6.45) is 1.66. The summed E-state index contributed by atoms with van der Waals surface area (Å²) in [6, 6.07) is 7.96. The van der Waals surface area contributed by atoms with E-state index < -0.39 is 0 Å². The molecule has 17 heavy (non-hydrogen) atoms. The van der Waals surface area contributed by atoms with Crippen molar-refractivity contribution in [2.75, 3.05) is 12.4 Å². The van der Waals surface area contributed by atoms with Crippen LogP contribution >= 0.6 is 15.9 Å². The van der Waals surface area contributed by atoms with E-state index >= 15 is 0 Å². The van der Waals surface area contributed by atoms with Crippen LogP contribution in [0.4, 0.5) is 11.6 Å². The van der Waals surface area contributed by atoms with Gasteiger partial charge in [-0.05, 0) is 34.5 Å². The highest BCUT2D eigenvalue weighted by atomic mass is 79.9. The number of nitrogens with zero attached hydrogens (tertiary/aromatic N) is 2. The molecule has 2 rings (SSSR count). The number of para-hydroxylation sites is 1. The first kappa shape index (κ1) is 11.9. The van der Waals surface area contributed by atoms with E-state index in [-0.39, 0.29) is 0 Å². The SMILES string of the molecule is COc1nc(Nc2ccccc2C)ncc1Br. The Kier molecular flexibility index (Phi) is 3.58. The van der Waals surface area contributed by atoms with E-state index in [1.807, 2.05) is 31.2 Å². The number of aromatic nitrogens is 2. The number of benzene rings is 1. The van der Waals surface area contributed by atoms with Crippen LogP contribution < -0.4 is 10.1 Å². The summed E-state index contributed by atoms with van der Waals surface area (Å²) in [7, 11) is 1.57. The smallest absolute Gasteiger partial charge is 0.232 e. The van der Waals surface area contributed by atoms with Gasteiger partial charge >= 0.3 is 0 Å². The minimum absolute atomic E-state index is 0.510. The van der Waals surface area contributed by atoms with E-state index in [2.05, 4.69) is 31.2 Å². The summed E-state index contributed by atoms with van der Waals surface area (Å²) in [6.45, 7) is 2.03. The van der Waals surface area contributed by atoms with Crippen molar-refractivity contribution in [3.05, 3.63) is 40.5 Å². The Labute approximate surface area is 108 Å². The fraction of sp³-hybridized carbons (Fsp3) is 0.167. The first-order valence-corrected chi connectivity index (χ1v) is 5.89. The van der Waals surface area contributed by atoms with E-state index in [0.717, 1.165) is 15.7 Å². The van der Waals surface area contributed by atoms with Crippen molar-refractivity contribution in [3.63, 3.8) is 0 Å². The number of anilines is 2. The summed E-state index contributed by atoms with van der Waals surface area (Å²) in [4.78, 5) is 8.41. The third-order valence-electron chi connectivity index (χ3n) is 2.30. The topological polar surface area (TPSA) is 47.0 Å². The summed E-state index contributed by atoms with van der Waals surface area (Å²) >= 11 is 3.31. The van der Waals surface area contributed by atoms with Gasteiger partial charge in [-0.1, -0.05) is 18.2 Å². The van der Waals surface area contributed by atoms with Crippen molar-refractivity contribution >= 4 is 27.6 Å². The molecule has 0 bridgehead atoms. The second-order valence-corrected chi connectivity index (χ2v) is 4.35. The lowest BCUT2D eigenvalue weighted by molar-refractivity contribution is 0.394. The predicted molar refractivity (Wildman–Crippen MR) is 70.7 cm³/mol. The molecule has 1 aromatic carbocycles. The molecule has 0 unspecified atom stereocenters. The molecule has 5 heteroatoms. The van der Waals surface area contributed by atoms with Crippen molar-refractivity contribution in [2.24, 2.45) is 0 Å². The molecule has 0 atom stereocenters. The Balaban J connectivity index is 2.28. The molecule has 0 radical (unpaired) electrons. The maximum Gasteiger partial charge on any atom is 0.232 e. The molecule has 0 amide bonds. The van der Waals surface area contributed by atoms with Crippen molar-refractivity contribution in [1.29, 1.82) is 0 Å². The van der Waals surface area contributed by atoms with E-state index in [4.69, 9.17) is 4.74 Å². The van der Waals surface area contributed by atoms with Gasteiger partial charge in [-0.15, -0.1) is 0 Å². The lowest BCUT2D eigenvalue weighted by Gasteiger charge is -2.09. The Morgan fingerprint density at radius 1 is 1.29 bits per heavy atom. The number of hydrogen-bond acceptors (Lipinski definition) is 4. The Bertz CT molecular complexity index is 531. The monoisotopic (exact) mass is 293 g/mol.